The number of hydrogen-bond donors (Lipinski definition) is 2. The summed E-state index contributed by atoms with van der Waals surface area (Å²) >= 11 is 0. The first-order chi connectivity index (χ1) is 14.5. The highest BCUT2D eigenvalue weighted by Gasteiger charge is 2.15. The van der Waals surface area contributed by atoms with Crippen molar-refractivity contribution in [3.63, 3.8) is 0 Å². The predicted octanol–water partition coefficient (Wildman–Crippen LogP) is 5.25. The van der Waals surface area contributed by atoms with Crippen molar-refractivity contribution in [1.82, 2.24) is 0 Å². The smallest absolute Gasteiger partial charge is 0.291 e. The van der Waals surface area contributed by atoms with Crippen LogP contribution in [0.4, 0.5) is 11.4 Å². The number of rotatable bonds is 5. The number of nitrogens with one attached hydrogen (secondary N) is 2. The largest absolute Gasteiger partial charge is 0.496 e. The summed E-state index contributed by atoms with van der Waals surface area (Å²) in [5.41, 5.74) is 3.19. The van der Waals surface area contributed by atoms with Crippen LogP contribution >= 0.6 is 0 Å². The molecule has 0 fully saturated rings. The third kappa shape index (κ3) is 3.89. The Hall–Kier alpha value is -4.06. The van der Waals surface area contributed by atoms with Gasteiger partial charge in [-0.15, -0.1) is 0 Å². The molecule has 0 aliphatic heterocycles. The highest BCUT2D eigenvalue weighted by molar-refractivity contribution is 6.07. The van der Waals surface area contributed by atoms with Gasteiger partial charge in [-0.25, -0.2) is 0 Å². The van der Waals surface area contributed by atoms with Crippen molar-refractivity contribution in [2.75, 3.05) is 17.7 Å². The van der Waals surface area contributed by atoms with Crippen LogP contribution in [0.25, 0.3) is 11.0 Å². The summed E-state index contributed by atoms with van der Waals surface area (Å²) in [5, 5.41) is 6.50. The summed E-state index contributed by atoms with van der Waals surface area (Å²) in [4.78, 5) is 25.1. The van der Waals surface area contributed by atoms with Crippen LogP contribution in [-0.4, -0.2) is 18.9 Å². The monoisotopic (exact) mass is 400 g/mol. The van der Waals surface area contributed by atoms with Crippen LogP contribution in [0, 0.1) is 6.92 Å². The van der Waals surface area contributed by atoms with Crippen LogP contribution in [0.3, 0.4) is 0 Å². The number of fused-ring (bicyclic) bond motifs is 1. The highest BCUT2D eigenvalue weighted by Crippen LogP contribution is 2.25. The van der Waals surface area contributed by atoms with Crippen LogP contribution in [-0.2, 0) is 0 Å². The third-order valence-electron chi connectivity index (χ3n) is 4.71. The molecule has 1 heterocycles. The molecule has 6 heteroatoms. The average Bonchev–Trinajstić information content (AvgIpc) is 3.19. The van der Waals surface area contributed by atoms with Crippen LogP contribution < -0.4 is 15.4 Å². The minimum atomic E-state index is -0.340. The van der Waals surface area contributed by atoms with Gasteiger partial charge in [-0.2, -0.15) is 0 Å². The number of aryl methyl sites for hydroxylation is 1. The van der Waals surface area contributed by atoms with Crippen LogP contribution in [0.5, 0.6) is 5.75 Å². The first kappa shape index (κ1) is 19.3. The molecule has 0 unspecified atom stereocenters. The van der Waals surface area contributed by atoms with E-state index in [-0.39, 0.29) is 17.6 Å². The zero-order valence-corrected chi connectivity index (χ0v) is 16.6. The number of carbonyl (C=O) groups excluding carboxylic acids is 2. The predicted molar refractivity (Wildman–Crippen MR) is 116 cm³/mol. The lowest BCUT2D eigenvalue weighted by molar-refractivity contribution is 0.0996. The summed E-state index contributed by atoms with van der Waals surface area (Å²) in [5.74, 6) is 0.173. The number of para-hydroxylation sites is 2. The lowest BCUT2D eigenvalue weighted by Gasteiger charge is -2.12. The number of hydrogen-bond acceptors (Lipinski definition) is 4. The van der Waals surface area contributed by atoms with Crippen molar-refractivity contribution in [3.8, 4) is 5.75 Å². The Morgan fingerprint density at radius 1 is 0.833 bits per heavy atom. The number of benzene rings is 3. The first-order valence-corrected chi connectivity index (χ1v) is 9.40. The molecule has 30 heavy (non-hydrogen) atoms. The lowest BCUT2D eigenvalue weighted by Crippen LogP contribution is -2.14. The van der Waals surface area contributed by atoms with Crippen LogP contribution in [0.2, 0.25) is 0 Å². The molecule has 0 saturated heterocycles. The van der Waals surface area contributed by atoms with Gasteiger partial charge in [0.25, 0.3) is 11.8 Å². The fraction of sp³-hybridized carbons (Fsp3) is 0.0833. The molecule has 1 aromatic heterocycles. The van der Waals surface area contributed by atoms with Gasteiger partial charge >= 0.3 is 0 Å². The van der Waals surface area contributed by atoms with E-state index in [1.54, 1.807) is 43.5 Å². The first-order valence-electron chi connectivity index (χ1n) is 9.40. The third-order valence-corrected chi connectivity index (χ3v) is 4.71. The molecular formula is C24H20N2O4. The standard InChI is InChI=1S/C24H20N2O4/c1-15-6-5-8-19(22(15)29-2)23(27)25-17-10-12-18(13-11-17)26-24(28)21-14-16-7-3-4-9-20(16)30-21/h3-14H,1-2H3,(H,25,27)(H,26,28). The molecule has 2 N–H and O–H groups in total. The number of amides is 2. The lowest BCUT2D eigenvalue weighted by atomic mass is 10.1. The maximum Gasteiger partial charge on any atom is 0.291 e. The molecule has 0 aliphatic carbocycles. The van der Waals surface area contributed by atoms with Gasteiger partial charge in [0.05, 0.1) is 12.7 Å². The number of methoxy groups -OCH3 is 1. The molecule has 0 radical (unpaired) electrons. The molecule has 0 spiro atoms. The molecule has 4 rings (SSSR count). The van der Waals surface area contributed by atoms with Crippen molar-refractivity contribution < 1.29 is 18.7 Å². The summed E-state index contributed by atoms with van der Waals surface area (Å²) in [6.07, 6.45) is 0. The number of ether oxygens (including phenoxy) is 1. The van der Waals surface area contributed by atoms with Gasteiger partial charge in [0, 0.05) is 16.8 Å². The fourth-order valence-electron chi connectivity index (χ4n) is 3.22. The summed E-state index contributed by atoms with van der Waals surface area (Å²) < 4.78 is 10.9. The molecule has 0 saturated carbocycles. The van der Waals surface area contributed by atoms with Crippen LogP contribution in [0.15, 0.2) is 77.2 Å². The van der Waals surface area contributed by atoms with Crippen molar-refractivity contribution in [3.05, 3.63) is 89.7 Å². The zero-order chi connectivity index (χ0) is 21.1. The van der Waals surface area contributed by atoms with E-state index in [0.717, 1.165) is 10.9 Å². The summed E-state index contributed by atoms with van der Waals surface area (Å²) in [7, 11) is 1.54. The summed E-state index contributed by atoms with van der Waals surface area (Å²) in [6.45, 7) is 1.88. The Morgan fingerprint density at radius 3 is 2.17 bits per heavy atom. The van der Waals surface area contributed by atoms with E-state index in [4.69, 9.17) is 9.15 Å². The van der Waals surface area contributed by atoms with E-state index in [9.17, 15) is 9.59 Å². The van der Waals surface area contributed by atoms with Gasteiger partial charge in [-0.3, -0.25) is 9.59 Å². The molecule has 4 aromatic rings. The van der Waals surface area contributed by atoms with E-state index in [0.29, 0.717) is 28.3 Å². The number of anilines is 2. The van der Waals surface area contributed by atoms with Crippen molar-refractivity contribution in [1.29, 1.82) is 0 Å². The Bertz CT molecular complexity index is 1190. The van der Waals surface area contributed by atoms with E-state index >= 15 is 0 Å². The molecule has 6 nitrogen and oxygen atoms in total. The maximum absolute atomic E-state index is 12.6. The SMILES string of the molecule is COc1c(C)cccc1C(=O)Nc1ccc(NC(=O)c2cc3ccccc3o2)cc1. The second-order valence-corrected chi connectivity index (χ2v) is 6.79. The van der Waals surface area contributed by atoms with Gasteiger partial charge in [-0.1, -0.05) is 30.3 Å². The number of carbonyl (C=O) groups is 2. The maximum atomic E-state index is 12.6. The molecule has 0 aliphatic rings. The second kappa shape index (κ2) is 8.13. The molecule has 0 atom stereocenters. The number of furan rings is 1. The van der Waals surface area contributed by atoms with Gasteiger partial charge in [0.1, 0.15) is 11.3 Å². The quantitative estimate of drug-likeness (QED) is 0.479. The Kier molecular flexibility index (Phi) is 5.22. The summed E-state index contributed by atoms with van der Waals surface area (Å²) in [6, 6.07) is 21.4. The van der Waals surface area contributed by atoms with Gasteiger partial charge in [0.2, 0.25) is 0 Å². The Morgan fingerprint density at radius 2 is 1.50 bits per heavy atom. The van der Waals surface area contributed by atoms with Crippen molar-refractivity contribution in [2.45, 2.75) is 6.92 Å². The normalized spacial score (nSPS) is 10.6. The highest BCUT2D eigenvalue weighted by atomic mass is 16.5. The van der Waals surface area contributed by atoms with Crippen molar-refractivity contribution >= 4 is 34.2 Å². The van der Waals surface area contributed by atoms with E-state index < -0.39 is 0 Å². The minimum Gasteiger partial charge on any atom is -0.496 e. The van der Waals surface area contributed by atoms with Crippen LogP contribution in [0.1, 0.15) is 26.5 Å². The molecule has 2 amide bonds. The molecule has 150 valence electrons. The van der Waals surface area contributed by atoms with E-state index in [1.807, 2.05) is 43.3 Å². The van der Waals surface area contributed by atoms with E-state index in [2.05, 4.69) is 10.6 Å². The molecule has 0 bridgehead atoms. The second-order valence-electron chi connectivity index (χ2n) is 6.79. The Balaban J connectivity index is 1.44. The van der Waals surface area contributed by atoms with Crippen molar-refractivity contribution in [2.24, 2.45) is 0 Å². The zero-order valence-electron chi connectivity index (χ0n) is 16.6. The van der Waals surface area contributed by atoms with Gasteiger partial charge < -0.3 is 19.8 Å². The van der Waals surface area contributed by atoms with Gasteiger partial charge in [-0.05, 0) is 55.0 Å². The molecular weight excluding hydrogens is 380 g/mol. The molecule has 3 aromatic carbocycles. The van der Waals surface area contributed by atoms with E-state index in [1.165, 1.54) is 0 Å². The average molecular weight is 400 g/mol. The topological polar surface area (TPSA) is 80.6 Å². The van der Waals surface area contributed by atoms with Gasteiger partial charge in [0.15, 0.2) is 5.76 Å². The fourth-order valence-corrected chi connectivity index (χ4v) is 3.22. The minimum absolute atomic E-state index is 0.236. The Labute approximate surface area is 173 Å².